The average Bonchev–Trinajstić information content (AvgIpc) is 3.04. The number of hydrogen-bond acceptors (Lipinski definition) is 7. The fourth-order valence-electron chi connectivity index (χ4n) is 5.44. The van der Waals surface area contributed by atoms with Crippen LogP contribution in [-0.2, 0) is 23.8 Å². The van der Waals surface area contributed by atoms with Crippen molar-refractivity contribution in [2.24, 2.45) is 17.8 Å². The predicted octanol–water partition coefficient (Wildman–Crippen LogP) is 4.47. The van der Waals surface area contributed by atoms with E-state index >= 15 is 0 Å². The van der Waals surface area contributed by atoms with Crippen molar-refractivity contribution in [1.82, 2.24) is 9.80 Å². The molecular weight excluding hydrogens is 536 g/mol. The van der Waals surface area contributed by atoms with E-state index in [1.165, 1.54) is 0 Å². The third kappa shape index (κ3) is 9.41. The molecule has 2 aromatic rings. The van der Waals surface area contributed by atoms with Crippen molar-refractivity contribution >= 4 is 23.8 Å². The van der Waals surface area contributed by atoms with Crippen molar-refractivity contribution in [3.05, 3.63) is 71.8 Å². The van der Waals surface area contributed by atoms with Crippen molar-refractivity contribution in [2.75, 3.05) is 53.1 Å². The summed E-state index contributed by atoms with van der Waals surface area (Å²) in [5.41, 5.74) is 1.42. The van der Waals surface area contributed by atoms with Crippen LogP contribution in [0.2, 0.25) is 0 Å². The van der Waals surface area contributed by atoms with Gasteiger partial charge in [-0.05, 0) is 69.7 Å². The summed E-state index contributed by atoms with van der Waals surface area (Å²) in [5.74, 6) is -0.314. The zero-order chi connectivity index (χ0) is 30.3. The second-order valence-corrected chi connectivity index (χ2v) is 10.5. The highest BCUT2D eigenvalue weighted by Gasteiger charge is 2.34. The van der Waals surface area contributed by atoms with Crippen LogP contribution in [0.3, 0.4) is 0 Å². The maximum absolute atomic E-state index is 12.4. The lowest BCUT2D eigenvalue weighted by molar-refractivity contribution is -0.153. The van der Waals surface area contributed by atoms with E-state index in [1.54, 1.807) is 7.11 Å². The molecule has 2 aliphatic rings. The summed E-state index contributed by atoms with van der Waals surface area (Å²) in [6.45, 7) is 7.36. The summed E-state index contributed by atoms with van der Waals surface area (Å²) in [6, 6.07) is 18.6. The van der Waals surface area contributed by atoms with Gasteiger partial charge in [-0.15, -0.1) is 0 Å². The summed E-state index contributed by atoms with van der Waals surface area (Å²) in [4.78, 5) is 52.0. The lowest BCUT2D eigenvalue weighted by Crippen LogP contribution is -2.42. The first-order chi connectivity index (χ1) is 20.4. The first kappa shape index (κ1) is 32.8. The Labute approximate surface area is 249 Å². The first-order valence-corrected chi connectivity index (χ1v) is 14.9. The number of likely N-dealkylation sites (tertiary alicyclic amines) is 2. The van der Waals surface area contributed by atoms with Crippen LogP contribution in [0, 0.1) is 17.8 Å². The molecular formula is C33H44N2O7. The van der Waals surface area contributed by atoms with E-state index < -0.39 is 0 Å². The van der Waals surface area contributed by atoms with Crippen molar-refractivity contribution in [3.8, 4) is 0 Å². The van der Waals surface area contributed by atoms with Crippen LogP contribution in [-0.4, -0.2) is 86.7 Å². The van der Waals surface area contributed by atoms with Gasteiger partial charge in [0.2, 0.25) is 0 Å². The minimum absolute atomic E-state index is 0.0444. The molecule has 0 spiro atoms. The second-order valence-electron chi connectivity index (χ2n) is 10.5. The van der Waals surface area contributed by atoms with Gasteiger partial charge in [0, 0.05) is 44.4 Å². The molecule has 2 saturated heterocycles. The predicted molar refractivity (Wildman–Crippen MR) is 159 cm³/mol. The van der Waals surface area contributed by atoms with E-state index in [9.17, 15) is 19.2 Å². The summed E-state index contributed by atoms with van der Waals surface area (Å²) >= 11 is 0. The molecule has 42 heavy (non-hydrogen) atoms. The van der Waals surface area contributed by atoms with Crippen molar-refractivity contribution in [1.29, 1.82) is 0 Å². The molecule has 2 aromatic carbocycles. The highest BCUT2D eigenvalue weighted by atomic mass is 16.5. The molecule has 0 aliphatic carbocycles. The van der Waals surface area contributed by atoms with Crippen LogP contribution in [0.15, 0.2) is 60.7 Å². The molecule has 2 heterocycles. The lowest BCUT2D eigenvalue weighted by Gasteiger charge is -2.35. The number of carbonyl (C=O) groups is 4. The Hall–Kier alpha value is -3.72. The van der Waals surface area contributed by atoms with Gasteiger partial charge in [-0.3, -0.25) is 19.2 Å². The van der Waals surface area contributed by atoms with Gasteiger partial charge < -0.3 is 24.0 Å². The number of amides is 2. The van der Waals surface area contributed by atoms with E-state index in [0.29, 0.717) is 70.0 Å². The van der Waals surface area contributed by atoms with Crippen LogP contribution in [0.5, 0.6) is 0 Å². The smallest absolute Gasteiger partial charge is 0.311 e. The van der Waals surface area contributed by atoms with E-state index in [-0.39, 0.29) is 41.5 Å². The molecule has 4 rings (SSSR count). The molecule has 0 N–H and O–H groups in total. The van der Waals surface area contributed by atoms with Gasteiger partial charge in [0.25, 0.3) is 11.8 Å². The van der Waals surface area contributed by atoms with Gasteiger partial charge in [0.05, 0.1) is 31.7 Å². The Morgan fingerprint density at radius 3 is 1.60 bits per heavy atom. The van der Waals surface area contributed by atoms with Crippen LogP contribution in [0.1, 0.15) is 60.2 Å². The van der Waals surface area contributed by atoms with Crippen molar-refractivity contribution in [3.63, 3.8) is 0 Å². The Balaban J connectivity index is 0.000000235. The number of ether oxygens (including phenoxy) is 3. The number of methoxy groups -OCH3 is 1. The van der Waals surface area contributed by atoms with Crippen LogP contribution in [0.4, 0.5) is 0 Å². The molecule has 9 nitrogen and oxygen atoms in total. The number of piperidine rings is 2. The SMILES string of the molecule is CCOC(=O)C(COC)C1CCN(C(=O)c2ccccc2)CC1.CCOC(=O)C1CCN(C(=O)c2ccccc2)CC1. The summed E-state index contributed by atoms with van der Waals surface area (Å²) < 4.78 is 15.4. The molecule has 228 valence electrons. The number of rotatable bonds is 9. The fraction of sp³-hybridized carbons (Fsp3) is 0.515. The minimum atomic E-state index is -0.242. The number of carbonyl (C=O) groups excluding carboxylic acids is 4. The highest BCUT2D eigenvalue weighted by Crippen LogP contribution is 2.27. The van der Waals surface area contributed by atoms with Gasteiger partial charge in [-0.1, -0.05) is 36.4 Å². The van der Waals surface area contributed by atoms with E-state index in [0.717, 1.165) is 12.8 Å². The number of nitrogens with zero attached hydrogens (tertiary/aromatic N) is 2. The fourth-order valence-corrected chi connectivity index (χ4v) is 5.44. The lowest BCUT2D eigenvalue weighted by atomic mass is 9.84. The van der Waals surface area contributed by atoms with Crippen molar-refractivity contribution in [2.45, 2.75) is 39.5 Å². The third-order valence-electron chi connectivity index (χ3n) is 7.78. The Morgan fingerprint density at radius 2 is 1.17 bits per heavy atom. The van der Waals surface area contributed by atoms with Crippen LogP contribution >= 0.6 is 0 Å². The highest BCUT2D eigenvalue weighted by molar-refractivity contribution is 5.94. The summed E-state index contributed by atoms with van der Waals surface area (Å²) in [5, 5.41) is 0. The molecule has 0 saturated carbocycles. The molecule has 2 aliphatic heterocycles. The quantitative estimate of drug-likeness (QED) is 0.404. The largest absolute Gasteiger partial charge is 0.466 e. The van der Waals surface area contributed by atoms with E-state index in [2.05, 4.69) is 0 Å². The number of benzene rings is 2. The molecule has 2 amide bonds. The van der Waals surface area contributed by atoms with Gasteiger partial charge in [0.1, 0.15) is 0 Å². The van der Waals surface area contributed by atoms with Crippen LogP contribution in [0.25, 0.3) is 0 Å². The Bertz CT molecular complexity index is 1130. The van der Waals surface area contributed by atoms with Crippen LogP contribution < -0.4 is 0 Å². The molecule has 9 heteroatoms. The van der Waals surface area contributed by atoms with Gasteiger partial charge >= 0.3 is 11.9 Å². The minimum Gasteiger partial charge on any atom is -0.466 e. The zero-order valence-electron chi connectivity index (χ0n) is 25.0. The second kappa shape index (κ2) is 17.3. The molecule has 0 aromatic heterocycles. The zero-order valence-corrected chi connectivity index (χ0v) is 25.0. The average molecular weight is 581 g/mol. The number of hydrogen-bond donors (Lipinski definition) is 0. The maximum atomic E-state index is 12.4. The van der Waals surface area contributed by atoms with Gasteiger partial charge in [-0.2, -0.15) is 0 Å². The summed E-state index contributed by atoms with van der Waals surface area (Å²) in [6.07, 6.45) is 2.98. The van der Waals surface area contributed by atoms with Gasteiger partial charge in [-0.25, -0.2) is 0 Å². The Kier molecular flexibility index (Phi) is 13.5. The normalized spacial score (nSPS) is 16.5. The standard InChI is InChI=1S/C18H25NO4.C15H19NO3/c1-3-23-18(21)16(13-22-2)14-9-11-19(12-10-14)17(20)15-7-5-4-6-8-15;1-2-19-15(18)13-8-10-16(11-9-13)14(17)12-6-4-3-5-7-12/h4-8,14,16H,3,9-13H2,1-2H3;3-7,13H,2,8-11H2,1H3. The monoisotopic (exact) mass is 580 g/mol. The van der Waals surface area contributed by atoms with E-state index in [4.69, 9.17) is 14.2 Å². The van der Waals surface area contributed by atoms with Gasteiger partial charge in [0.15, 0.2) is 0 Å². The van der Waals surface area contributed by atoms with E-state index in [1.807, 2.05) is 84.3 Å². The number of esters is 2. The molecule has 1 unspecified atom stereocenters. The molecule has 0 radical (unpaired) electrons. The molecule has 1 atom stereocenters. The summed E-state index contributed by atoms with van der Waals surface area (Å²) in [7, 11) is 1.60. The maximum Gasteiger partial charge on any atom is 0.311 e. The molecule has 2 fully saturated rings. The first-order valence-electron chi connectivity index (χ1n) is 14.9. The molecule has 0 bridgehead atoms. The Morgan fingerprint density at radius 1 is 0.714 bits per heavy atom. The topological polar surface area (TPSA) is 102 Å². The van der Waals surface area contributed by atoms with Crippen molar-refractivity contribution < 1.29 is 33.4 Å². The third-order valence-corrected chi connectivity index (χ3v) is 7.78.